The Morgan fingerprint density at radius 2 is 1.91 bits per heavy atom. The van der Waals surface area contributed by atoms with Gasteiger partial charge in [0.2, 0.25) is 5.60 Å². The van der Waals surface area contributed by atoms with Crippen LogP contribution in [0.5, 0.6) is 5.75 Å². The van der Waals surface area contributed by atoms with Crippen molar-refractivity contribution in [2.24, 2.45) is 11.8 Å². The molecule has 0 bridgehead atoms. The SMILES string of the molecule is CCC(CC)COC(=O)[C@@H](NP(=O)(OC[C@@]1(C#N)O[C@@H](c2ccc3c(N)ncnn23)[C@H](O)[C@@H]1O)Oc1ccccc1)C1CCCCC1. The number of aliphatic hydroxyl groups is 2. The summed E-state index contributed by atoms with van der Waals surface area (Å²) < 4.78 is 39.5. The van der Waals surface area contributed by atoms with Gasteiger partial charge in [0.15, 0.2) is 5.82 Å². The molecule has 1 saturated carbocycles. The number of carbonyl (C=O) groups excluding carboxylic acids is 1. The number of nitrogens with one attached hydrogen (secondary N) is 1. The van der Waals surface area contributed by atoms with Crippen LogP contribution in [0.25, 0.3) is 5.52 Å². The largest absolute Gasteiger partial charge is 0.464 e. The normalized spacial score (nSPS) is 25.3. The number of para-hydroxylation sites is 1. The van der Waals surface area contributed by atoms with Crippen LogP contribution in [0.3, 0.4) is 0 Å². The van der Waals surface area contributed by atoms with Crippen molar-refractivity contribution >= 4 is 25.1 Å². The monoisotopic (exact) mass is 670 g/mol. The van der Waals surface area contributed by atoms with Crippen molar-refractivity contribution in [3.63, 3.8) is 0 Å². The number of anilines is 1. The Labute approximate surface area is 273 Å². The molecule has 2 fully saturated rings. The van der Waals surface area contributed by atoms with Gasteiger partial charge in [-0.05, 0) is 48.9 Å². The number of esters is 1. The van der Waals surface area contributed by atoms with Gasteiger partial charge < -0.3 is 29.9 Å². The minimum absolute atomic E-state index is 0.185. The molecule has 1 aromatic carbocycles. The number of rotatable bonds is 14. The molecule has 47 heavy (non-hydrogen) atoms. The number of hydrogen-bond donors (Lipinski definition) is 4. The van der Waals surface area contributed by atoms with Crippen LogP contribution >= 0.6 is 7.75 Å². The predicted molar refractivity (Wildman–Crippen MR) is 171 cm³/mol. The fourth-order valence-electron chi connectivity index (χ4n) is 6.17. The van der Waals surface area contributed by atoms with E-state index in [4.69, 9.17) is 24.3 Å². The van der Waals surface area contributed by atoms with Gasteiger partial charge >= 0.3 is 13.7 Å². The molecule has 0 amide bonds. The highest BCUT2D eigenvalue weighted by Gasteiger charge is 2.57. The van der Waals surface area contributed by atoms with E-state index >= 15 is 0 Å². The lowest BCUT2D eigenvalue weighted by molar-refractivity contribution is -0.149. The van der Waals surface area contributed by atoms with E-state index in [1.807, 2.05) is 19.9 Å². The first kappa shape index (κ1) is 34.8. The predicted octanol–water partition coefficient (Wildman–Crippen LogP) is 4.09. The lowest BCUT2D eigenvalue weighted by Gasteiger charge is -2.33. The van der Waals surface area contributed by atoms with Gasteiger partial charge in [0, 0.05) is 0 Å². The van der Waals surface area contributed by atoms with E-state index in [-0.39, 0.29) is 30.0 Å². The molecule has 0 radical (unpaired) electrons. The van der Waals surface area contributed by atoms with Crippen molar-refractivity contribution in [3.8, 4) is 11.8 Å². The van der Waals surface area contributed by atoms with Gasteiger partial charge in [0.05, 0.1) is 12.3 Å². The van der Waals surface area contributed by atoms with Gasteiger partial charge in [0.1, 0.15) is 54.6 Å². The van der Waals surface area contributed by atoms with E-state index in [1.165, 1.54) is 10.8 Å². The fraction of sp³-hybridized carbons (Fsp3) is 0.562. The molecule has 14 nitrogen and oxygen atoms in total. The van der Waals surface area contributed by atoms with Crippen LogP contribution in [-0.2, 0) is 23.4 Å². The van der Waals surface area contributed by atoms with Crippen molar-refractivity contribution in [2.75, 3.05) is 18.9 Å². The third kappa shape index (κ3) is 7.62. The number of aliphatic hydroxyl groups excluding tert-OH is 2. The molecule has 0 spiro atoms. The third-order valence-electron chi connectivity index (χ3n) is 9.15. The highest BCUT2D eigenvalue weighted by Crippen LogP contribution is 2.49. The van der Waals surface area contributed by atoms with Crippen LogP contribution in [0.4, 0.5) is 5.82 Å². The number of hydrogen-bond acceptors (Lipinski definition) is 12. The van der Waals surface area contributed by atoms with Crippen molar-refractivity contribution in [1.82, 2.24) is 19.7 Å². The molecule has 5 N–H and O–H groups in total. The molecule has 254 valence electrons. The number of nitrogen functional groups attached to an aromatic ring is 1. The summed E-state index contributed by atoms with van der Waals surface area (Å²) in [5, 5.41) is 39.6. The highest BCUT2D eigenvalue weighted by atomic mass is 31.2. The lowest BCUT2D eigenvalue weighted by Crippen LogP contribution is -2.47. The minimum Gasteiger partial charge on any atom is -0.464 e. The summed E-state index contributed by atoms with van der Waals surface area (Å²) >= 11 is 0. The Bertz CT molecular complexity index is 1590. The second-order valence-corrected chi connectivity index (χ2v) is 13.9. The summed E-state index contributed by atoms with van der Waals surface area (Å²) in [4.78, 5) is 17.6. The average molecular weight is 671 g/mol. The van der Waals surface area contributed by atoms with Crippen molar-refractivity contribution in [1.29, 1.82) is 5.26 Å². The number of benzene rings is 1. The molecule has 15 heteroatoms. The summed E-state index contributed by atoms with van der Waals surface area (Å²) in [6.07, 6.45) is 2.54. The summed E-state index contributed by atoms with van der Waals surface area (Å²) in [5.41, 5.74) is 4.51. The number of fused-ring (bicyclic) bond motifs is 1. The summed E-state index contributed by atoms with van der Waals surface area (Å²) in [5.74, 6) is -0.204. The van der Waals surface area contributed by atoms with E-state index < -0.39 is 50.3 Å². The van der Waals surface area contributed by atoms with Crippen LogP contribution in [0.1, 0.15) is 70.6 Å². The van der Waals surface area contributed by atoms with Gasteiger partial charge in [-0.15, -0.1) is 0 Å². The molecule has 2 aromatic heterocycles. The molecule has 1 saturated heterocycles. The number of ether oxygens (including phenoxy) is 2. The number of nitrogens with two attached hydrogens (primary N) is 1. The van der Waals surface area contributed by atoms with E-state index in [0.29, 0.717) is 24.1 Å². The van der Waals surface area contributed by atoms with Gasteiger partial charge in [-0.1, -0.05) is 64.2 Å². The van der Waals surface area contributed by atoms with Gasteiger partial charge in [0.25, 0.3) is 0 Å². The molecular weight excluding hydrogens is 627 g/mol. The van der Waals surface area contributed by atoms with Gasteiger partial charge in [-0.3, -0.25) is 9.32 Å². The average Bonchev–Trinajstić information content (AvgIpc) is 3.63. The Hall–Kier alpha value is -3.57. The number of carbonyl (C=O) groups is 1. The van der Waals surface area contributed by atoms with Gasteiger partial charge in [-0.25, -0.2) is 14.1 Å². The Balaban J connectivity index is 1.42. The van der Waals surface area contributed by atoms with E-state index in [2.05, 4.69) is 15.2 Å². The maximum atomic E-state index is 14.6. The Morgan fingerprint density at radius 1 is 1.19 bits per heavy atom. The maximum absolute atomic E-state index is 14.6. The molecule has 1 aliphatic carbocycles. The molecular formula is C32H43N6O8P. The Morgan fingerprint density at radius 3 is 2.60 bits per heavy atom. The number of aromatic nitrogens is 3. The first-order chi connectivity index (χ1) is 22.6. The van der Waals surface area contributed by atoms with Crippen LogP contribution in [0, 0.1) is 23.2 Å². The van der Waals surface area contributed by atoms with Crippen molar-refractivity contribution < 1.29 is 38.1 Å². The highest BCUT2D eigenvalue weighted by molar-refractivity contribution is 7.52. The summed E-state index contributed by atoms with van der Waals surface area (Å²) in [7, 11) is -4.48. The minimum atomic E-state index is -4.48. The van der Waals surface area contributed by atoms with Crippen molar-refractivity contribution in [2.45, 2.75) is 88.7 Å². The molecule has 3 heterocycles. The van der Waals surface area contributed by atoms with E-state index in [1.54, 1.807) is 42.5 Å². The first-order valence-electron chi connectivity index (χ1n) is 16.1. The number of nitriles is 1. The van der Waals surface area contributed by atoms with Crippen LogP contribution in [0.2, 0.25) is 0 Å². The van der Waals surface area contributed by atoms with Gasteiger partial charge in [-0.2, -0.15) is 15.4 Å². The summed E-state index contributed by atoms with van der Waals surface area (Å²) in [6, 6.07) is 12.4. The Kier molecular flexibility index (Phi) is 11.2. The number of nitrogens with zero attached hydrogens (tertiary/aromatic N) is 4. The van der Waals surface area contributed by atoms with Crippen LogP contribution in [0.15, 0.2) is 48.8 Å². The van der Waals surface area contributed by atoms with E-state index in [9.17, 15) is 24.8 Å². The lowest BCUT2D eigenvalue weighted by atomic mass is 9.84. The van der Waals surface area contributed by atoms with Crippen LogP contribution in [-0.4, -0.2) is 67.8 Å². The fourth-order valence-corrected chi connectivity index (χ4v) is 7.77. The van der Waals surface area contributed by atoms with Crippen molar-refractivity contribution in [3.05, 3.63) is 54.5 Å². The molecule has 5 rings (SSSR count). The second kappa shape index (κ2) is 15.1. The summed E-state index contributed by atoms with van der Waals surface area (Å²) in [6.45, 7) is 3.50. The molecule has 2 aliphatic rings. The zero-order valence-corrected chi connectivity index (χ0v) is 27.5. The molecule has 6 atom stereocenters. The third-order valence-corrected chi connectivity index (χ3v) is 10.7. The molecule has 3 aromatic rings. The zero-order valence-electron chi connectivity index (χ0n) is 26.6. The molecule has 1 unspecified atom stereocenters. The quantitative estimate of drug-likeness (QED) is 0.141. The maximum Gasteiger partial charge on any atom is 0.459 e. The topological polar surface area (TPSA) is 204 Å². The smallest absolute Gasteiger partial charge is 0.459 e. The standard InChI is InChI=1S/C32H43N6O8P/c1-3-21(4-2)17-43-31(41)26(22-11-7-5-8-12-22)37-47(42,46-23-13-9-6-10-14-23)44-19-32(18-33)29(40)27(39)28(45-32)24-15-16-25-30(34)35-20-36-38(24)25/h6,9-10,13-16,20-22,26-29,39-40H,3-5,7-8,11-12,17,19H2,1-2H3,(H,37,42)(H2,34,35,36)/t26-,27-,28-,29-,32+,47?/m0/s1. The second-order valence-electron chi connectivity index (χ2n) is 12.2. The molecule has 1 aliphatic heterocycles. The van der Waals surface area contributed by atoms with Crippen LogP contribution < -0.4 is 15.3 Å². The zero-order chi connectivity index (χ0) is 33.6. The first-order valence-corrected chi connectivity index (χ1v) is 17.6. The van der Waals surface area contributed by atoms with E-state index in [0.717, 1.165) is 32.1 Å².